The molecule has 6 heteroatoms. The van der Waals surface area contributed by atoms with E-state index >= 15 is 0 Å². The first kappa shape index (κ1) is 22.7. The molecule has 174 valence electrons. The van der Waals surface area contributed by atoms with Gasteiger partial charge in [-0.1, -0.05) is 46.3 Å². The molecule has 1 unspecified atom stereocenters. The number of carbonyl (C=O) groups excluding carboxylic acids is 1. The predicted octanol–water partition coefficient (Wildman–Crippen LogP) is 6.41. The van der Waals surface area contributed by atoms with Crippen LogP contribution in [-0.2, 0) is 11.3 Å². The van der Waals surface area contributed by atoms with E-state index < -0.39 is 0 Å². The third-order valence-corrected chi connectivity index (χ3v) is 6.91. The van der Waals surface area contributed by atoms with E-state index in [1.807, 2.05) is 47.4 Å². The number of ether oxygens (including phenoxy) is 1. The number of aromatic nitrogens is 2. The van der Waals surface area contributed by atoms with Crippen molar-refractivity contribution in [1.29, 1.82) is 0 Å². The van der Waals surface area contributed by atoms with E-state index in [2.05, 4.69) is 58.6 Å². The average molecular weight is 518 g/mol. The molecule has 0 N–H and O–H groups in total. The number of carbonyl (C=O) groups is 1. The molecule has 34 heavy (non-hydrogen) atoms. The molecule has 0 radical (unpaired) electrons. The minimum atomic E-state index is 0.0545. The molecule has 1 amide bonds. The Kier molecular flexibility index (Phi) is 6.42. The normalized spacial score (nSPS) is 15.9. The van der Waals surface area contributed by atoms with Gasteiger partial charge in [0.15, 0.2) is 0 Å². The van der Waals surface area contributed by atoms with Gasteiger partial charge in [0.05, 0.1) is 17.6 Å². The molecule has 2 heterocycles. The number of rotatable bonds is 7. The van der Waals surface area contributed by atoms with E-state index in [-0.39, 0.29) is 11.8 Å². The summed E-state index contributed by atoms with van der Waals surface area (Å²) in [4.78, 5) is 19.8. The van der Waals surface area contributed by atoms with Crippen molar-refractivity contribution < 1.29 is 9.53 Å². The van der Waals surface area contributed by atoms with Crippen LogP contribution in [-0.4, -0.2) is 28.6 Å². The molecule has 4 aromatic rings. The van der Waals surface area contributed by atoms with Gasteiger partial charge < -0.3 is 14.2 Å². The number of para-hydroxylation sites is 2. The number of aryl methyl sites for hydroxylation is 3. The van der Waals surface area contributed by atoms with Crippen molar-refractivity contribution in [2.45, 2.75) is 39.2 Å². The molecule has 0 saturated carbocycles. The van der Waals surface area contributed by atoms with Crippen molar-refractivity contribution in [2.24, 2.45) is 0 Å². The summed E-state index contributed by atoms with van der Waals surface area (Å²) in [6, 6.07) is 22.4. The molecule has 1 atom stereocenters. The first-order chi connectivity index (χ1) is 16.5. The Labute approximate surface area is 208 Å². The Bertz CT molecular complexity index is 1350. The van der Waals surface area contributed by atoms with Gasteiger partial charge in [-0.2, -0.15) is 0 Å². The van der Waals surface area contributed by atoms with Crippen LogP contribution in [0.4, 0.5) is 5.69 Å². The number of nitrogens with zero attached hydrogens (tertiary/aromatic N) is 3. The number of benzene rings is 3. The number of halogens is 1. The van der Waals surface area contributed by atoms with Crippen LogP contribution in [0.1, 0.15) is 35.7 Å². The highest BCUT2D eigenvalue weighted by Gasteiger charge is 2.34. The summed E-state index contributed by atoms with van der Waals surface area (Å²) in [5.74, 6) is 2.12. The van der Waals surface area contributed by atoms with E-state index in [0.29, 0.717) is 19.6 Å². The van der Waals surface area contributed by atoms with E-state index in [0.717, 1.165) is 51.3 Å². The van der Waals surface area contributed by atoms with Gasteiger partial charge in [-0.15, -0.1) is 0 Å². The minimum Gasteiger partial charge on any atom is -0.493 e. The largest absolute Gasteiger partial charge is 0.493 e. The molecule has 5 nitrogen and oxygen atoms in total. The van der Waals surface area contributed by atoms with Gasteiger partial charge in [0.25, 0.3) is 0 Å². The fraction of sp³-hybridized carbons (Fsp3) is 0.286. The van der Waals surface area contributed by atoms with Crippen LogP contribution in [0.3, 0.4) is 0 Å². The molecule has 0 bridgehead atoms. The number of hydrogen-bond acceptors (Lipinski definition) is 3. The zero-order valence-corrected chi connectivity index (χ0v) is 21.1. The highest BCUT2D eigenvalue weighted by molar-refractivity contribution is 9.10. The Balaban J connectivity index is 1.35. The van der Waals surface area contributed by atoms with Crippen LogP contribution < -0.4 is 9.64 Å². The van der Waals surface area contributed by atoms with Crippen molar-refractivity contribution in [1.82, 2.24) is 9.55 Å². The third-order valence-electron chi connectivity index (χ3n) is 6.42. The Morgan fingerprint density at radius 3 is 2.76 bits per heavy atom. The Morgan fingerprint density at radius 2 is 1.91 bits per heavy atom. The van der Waals surface area contributed by atoms with Crippen LogP contribution in [0, 0.1) is 13.8 Å². The predicted molar refractivity (Wildman–Crippen MR) is 140 cm³/mol. The fourth-order valence-corrected chi connectivity index (χ4v) is 5.07. The summed E-state index contributed by atoms with van der Waals surface area (Å²) < 4.78 is 9.35. The highest BCUT2D eigenvalue weighted by Crippen LogP contribution is 2.34. The van der Waals surface area contributed by atoms with Gasteiger partial charge in [-0.25, -0.2) is 4.98 Å². The maximum Gasteiger partial charge on any atom is 0.227 e. The molecule has 1 saturated heterocycles. The van der Waals surface area contributed by atoms with E-state index in [1.54, 1.807) is 0 Å². The minimum absolute atomic E-state index is 0.0545. The lowest BCUT2D eigenvalue weighted by molar-refractivity contribution is -0.117. The number of amides is 1. The van der Waals surface area contributed by atoms with Crippen LogP contribution in [0.5, 0.6) is 5.75 Å². The average Bonchev–Trinajstić information content (AvgIpc) is 3.39. The molecule has 1 aliphatic heterocycles. The standard InChI is InChI=1S/C28H28BrN3O2/c1-19-11-12-20(2)26(15-19)34-14-6-13-31-25-10-4-3-9-24(25)30-28(31)21-16-27(33)32(18-21)23-8-5-7-22(29)17-23/h3-5,7-12,15,17,21H,6,13-14,16,18H2,1-2H3. The van der Waals surface area contributed by atoms with Crippen molar-refractivity contribution in [3.8, 4) is 5.75 Å². The van der Waals surface area contributed by atoms with Gasteiger partial charge in [0.2, 0.25) is 5.91 Å². The maximum absolute atomic E-state index is 12.9. The highest BCUT2D eigenvalue weighted by atomic mass is 79.9. The smallest absolute Gasteiger partial charge is 0.227 e. The first-order valence-corrected chi connectivity index (χ1v) is 12.5. The van der Waals surface area contributed by atoms with Crippen LogP contribution in [0.2, 0.25) is 0 Å². The van der Waals surface area contributed by atoms with Crippen molar-refractivity contribution in [3.05, 3.63) is 88.2 Å². The lowest BCUT2D eigenvalue weighted by Gasteiger charge is -2.18. The lowest BCUT2D eigenvalue weighted by Crippen LogP contribution is -2.24. The summed E-state index contributed by atoms with van der Waals surface area (Å²) >= 11 is 3.52. The molecule has 0 aliphatic carbocycles. The summed E-state index contributed by atoms with van der Waals surface area (Å²) in [6.07, 6.45) is 1.32. The van der Waals surface area contributed by atoms with Gasteiger partial charge in [0, 0.05) is 35.6 Å². The van der Waals surface area contributed by atoms with E-state index in [4.69, 9.17) is 9.72 Å². The van der Waals surface area contributed by atoms with Crippen LogP contribution >= 0.6 is 15.9 Å². The number of anilines is 1. The zero-order valence-electron chi connectivity index (χ0n) is 19.5. The second kappa shape index (κ2) is 9.63. The second-order valence-corrected chi connectivity index (χ2v) is 9.88. The molecule has 1 aromatic heterocycles. The molecule has 5 rings (SSSR count). The number of fused-ring (bicyclic) bond motifs is 1. The maximum atomic E-state index is 12.9. The summed E-state index contributed by atoms with van der Waals surface area (Å²) in [7, 11) is 0. The van der Waals surface area contributed by atoms with Gasteiger partial charge in [-0.3, -0.25) is 4.79 Å². The number of imidazole rings is 1. The van der Waals surface area contributed by atoms with Crippen molar-refractivity contribution in [2.75, 3.05) is 18.1 Å². The number of hydrogen-bond donors (Lipinski definition) is 0. The summed E-state index contributed by atoms with van der Waals surface area (Å²) in [5, 5.41) is 0. The molecular formula is C28H28BrN3O2. The Morgan fingerprint density at radius 1 is 1.06 bits per heavy atom. The first-order valence-electron chi connectivity index (χ1n) is 11.7. The van der Waals surface area contributed by atoms with Crippen LogP contribution in [0.15, 0.2) is 71.2 Å². The molecular weight excluding hydrogens is 490 g/mol. The molecule has 1 fully saturated rings. The molecule has 3 aromatic carbocycles. The molecule has 0 spiro atoms. The SMILES string of the molecule is Cc1ccc(C)c(OCCCn2c(C3CC(=O)N(c4cccc(Br)c4)C3)nc3ccccc32)c1. The molecule has 1 aliphatic rings. The van der Waals surface area contributed by atoms with Crippen molar-refractivity contribution in [3.63, 3.8) is 0 Å². The summed E-state index contributed by atoms with van der Waals surface area (Å²) in [6.45, 7) is 6.21. The van der Waals surface area contributed by atoms with E-state index in [1.165, 1.54) is 5.56 Å². The fourth-order valence-electron chi connectivity index (χ4n) is 4.68. The Hall–Kier alpha value is -3.12. The third kappa shape index (κ3) is 4.60. The second-order valence-electron chi connectivity index (χ2n) is 8.97. The topological polar surface area (TPSA) is 47.4 Å². The van der Waals surface area contributed by atoms with Gasteiger partial charge in [-0.05, 0) is 67.8 Å². The van der Waals surface area contributed by atoms with Crippen molar-refractivity contribution >= 4 is 38.6 Å². The van der Waals surface area contributed by atoms with E-state index in [9.17, 15) is 4.79 Å². The quantitative estimate of drug-likeness (QED) is 0.266. The van der Waals surface area contributed by atoms with Gasteiger partial charge >= 0.3 is 0 Å². The van der Waals surface area contributed by atoms with Crippen LogP contribution in [0.25, 0.3) is 11.0 Å². The van der Waals surface area contributed by atoms with Gasteiger partial charge in [0.1, 0.15) is 11.6 Å². The summed E-state index contributed by atoms with van der Waals surface area (Å²) in [5.41, 5.74) is 5.35. The zero-order chi connectivity index (χ0) is 23.7. The lowest BCUT2D eigenvalue weighted by atomic mass is 10.1. The monoisotopic (exact) mass is 517 g/mol.